The quantitative estimate of drug-likeness (QED) is 0.398. The number of nitrogens with two attached hydrogens (primary N) is 1. The summed E-state index contributed by atoms with van der Waals surface area (Å²) in [5, 5.41) is 2.72. The number of nitrogens with one attached hydrogen (secondary N) is 1. The third kappa shape index (κ3) is 6.46. The molecule has 1 saturated carbocycles. The molecule has 12 heteroatoms. The Morgan fingerprint density at radius 3 is 2.61 bits per heavy atom. The van der Waals surface area contributed by atoms with E-state index in [-0.39, 0.29) is 35.4 Å². The Morgan fingerprint density at radius 2 is 1.94 bits per heavy atom. The number of nitrogens with zero attached hydrogens (tertiary/aromatic N) is 2. The van der Waals surface area contributed by atoms with E-state index in [1.165, 1.54) is 25.1 Å². The molecule has 3 N–H and O–H groups in total. The number of ether oxygens (including phenoxy) is 3. The van der Waals surface area contributed by atoms with Crippen LogP contribution in [-0.4, -0.2) is 35.2 Å². The van der Waals surface area contributed by atoms with Gasteiger partial charge in [0.2, 0.25) is 5.89 Å². The minimum Gasteiger partial charge on any atom is -0.489 e. The number of halogens is 2. The first-order valence-electron chi connectivity index (χ1n) is 11.2. The fraction of sp³-hybridized carbons (Fsp3) is 0.333. The number of carbonyl (C=O) groups is 2. The Hall–Kier alpha value is -4.22. The van der Waals surface area contributed by atoms with Crippen molar-refractivity contribution in [1.82, 2.24) is 15.3 Å². The Labute approximate surface area is 204 Å². The number of hydrogen-bond donors (Lipinski definition) is 2. The fourth-order valence-corrected chi connectivity index (χ4v) is 3.33. The number of pyridine rings is 1. The van der Waals surface area contributed by atoms with E-state index in [0.29, 0.717) is 18.1 Å². The predicted molar refractivity (Wildman–Crippen MR) is 121 cm³/mol. The fourth-order valence-electron chi connectivity index (χ4n) is 3.33. The summed E-state index contributed by atoms with van der Waals surface area (Å²) < 4.78 is 46.8. The molecule has 10 nitrogen and oxygen atoms in total. The SMILES string of the molecule is CC(OC(N)=O)c1oc(-c2ccc(OC(F)F)c(OCC3CC3)c2)nc1C(=O)NCc1ccncc1. The third-order valence-corrected chi connectivity index (χ3v) is 5.31. The smallest absolute Gasteiger partial charge is 0.405 e. The van der Waals surface area contributed by atoms with Crippen LogP contribution in [0, 0.1) is 5.92 Å². The third-order valence-electron chi connectivity index (χ3n) is 5.31. The highest BCUT2D eigenvalue weighted by Crippen LogP contribution is 2.37. The van der Waals surface area contributed by atoms with Gasteiger partial charge in [0.25, 0.3) is 5.91 Å². The van der Waals surface area contributed by atoms with Crippen molar-refractivity contribution in [1.29, 1.82) is 0 Å². The second-order valence-electron chi connectivity index (χ2n) is 8.14. The molecule has 0 saturated heterocycles. The summed E-state index contributed by atoms with van der Waals surface area (Å²) >= 11 is 0. The maximum absolute atomic E-state index is 13.0. The molecule has 1 aliphatic rings. The molecule has 190 valence electrons. The van der Waals surface area contributed by atoms with Crippen molar-refractivity contribution >= 4 is 12.0 Å². The Kier molecular flexibility index (Phi) is 7.62. The molecular formula is C24H24F2N4O6. The summed E-state index contributed by atoms with van der Waals surface area (Å²) in [5.41, 5.74) is 6.14. The topological polar surface area (TPSA) is 139 Å². The van der Waals surface area contributed by atoms with Gasteiger partial charge in [-0.2, -0.15) is 8.78 Å². The Balaban J connectivity index is 1.63. The summed E-state index contributed by atoms with van der Waals surface area (Å²) in [5.74, 6) is -0.321. The molecule has 2 aromatic heterocycles. The lowest BCUT2D eigenvalue weighted by atomic mass is 10.2. The molecule has 1 unspecified atom stereocenters. The second kappa shape index (κ2) is 11.0. The summed E-state index contributed by atoms with van der Waals surface area (Å²) in [6.07, 6.45) is 3.10. The van der Waals surface area contributed by atoms with E-state index in [1.54, 1.807) is 24.5 Å². The molecule has 1 aliphatic carbocycles. The average Bonchev–Trinajstić information content (AvgIpc) is 3.57. The molecule has 1 fully saturated rings. The number of amides is 2. The van der Waals surface area contributed by atoms with E-state index in [0.717, 1.165) is 18.4 Å². The van der Waals surface area contributed by atoms with Gasteiger partial charge in [-0.3, -0.25) is 9.78 Å². The first-order valence-corrected chi connectivity index (χ1v) is 11.2. The van der Waals surface area contributed by atoms with Gasteiger partial charge in [0.1, 0.15) is 0 Å². The number of oxazole rings is 1. The van der Waals surface area contributed by atoms with Crippen LogP contribution in [0.15, 0.2) is 47.1 Å². The van der Waals surface area contributed by atoms with Gasteiger partial charge in [0, 0.05) is 24.5 Å². The molecule has 0 bridgehead atoms. The molecule has 2 amide bonds. The number of alkyl halides is 2. The van der Waals surface area contributed by atoms with Crippen molar-refractivity contribution in [3.05, 3.63) is 59.7 Å². The maximum atomic E-state index is 13.0. The molecule has 0 radical (unpaired) electrons. The highest BCUT2D eigenvalue weighted by molar-refractivity contribution is 5.94. The number of hydrogen-bond acceptors (Lipinski definition) is 8. The standard InChI is InChI=1S/C24H24F2N4O6/c1-13(34-24(27)32)20-19(21(31)29-11-14-6-8-28-9-7-14)30-22(36-20)16-4-5-17(35-23(25)26)18(10-16)33-12-15-2-3-15/h4-10,13,15,23H,2-3,11-12H2,1H3,(H2,27,32)(H,29,31). The summed E-state index contributed by atoms with van der Waals surface area (Å²) in [4.78, 5) is 32.5. The first-order chi connectivity index (χ1) is 17.3. The Bertz CT molecular complexity index is 1220. The summed E-state index contributed by atoms with van der Waals surface area (Å²) in [6, 6.07) is 7.66. The van der Waals surface area contributed by atoms with Gasteiger partial charge >= 0.3 is 12.7 Å². The minimum atomic E-state index is -3.03. The zero-order valence-corrected chi connectivity index (χ0v) is 19.3. The van der Waals surface area contributed by atoms with Crippen molar-refractivity contribution in [2.24, 2.45) is 11.7 Å². The zero-order chi connectivity index (χ0) is 25.7. The van der Waals surface area contributed by atoms with Gasteiger partial charge < -0.3 is 29.7 Å². The molecule has 1 atom stereocenters. The van der Waals surface area contributed by atoms with Crippen molar-refractivity contribution in [3.8, 4) is 23.0 Å². The first kappa shape index (κ1) is 24.9. The lowest BCUT2D eigenvalue weighted by molar-refractivity contribution is -0.0515. The van der Waals surface area contributed by atoms with Crippen LogP contribution in [0.5, 0.6) is 11.5 Å². The van der Waals surface area contributed by atoms with Crippen LogP contribution in [0.2, 0.25) is 0 Å². The van der Waals surface area contributed by atoms with Crippen LogP contribution in [-0.2, 0) is 11.3 Å². The molecule has 4 rings (SSSR count). The van der Waals surface area contributed by atoms with Crippen LogP contribution in [0.1, 0.15) is 47.7 Å². The number of benzene rings is 1. The van der Waals surface area contributed by atoms with Crippen molar-refractivity contribution in [2.75, 3.05) is 6.61 Å². The number of aromatic nitrogens is 2. The molecule has 1 aromatic carbocycles. The van der Waals surface area contributed by atoms with Crippen LogP contribution < -0.4 is 20.5 Å². The van der Waals surface area contributed by atoms with Crippen LogP contribution in [0.25, 0.3) is 11.5 Å². The largest absolute Gasteiger partial charge is 0.489 e. The minimum absolute atomic E-state index is 0.0150. The van der Waals surface area contributed by atoms with Crippen molar-refractivity contribution in [3.63, 3.8) is 0 Å². The normalized spacial score (nSPS) is 13.8. The molecule has 3 aromatic rings. The van der Waals surface area contributed by atoms with Crippen LogP contribution in [0.4, 0.5) is 13.6 Å². The lowest BCUT2D eigenvalue weighted by Gasteiger charge is -2.13. The number of primary amides is 1. The van der Waals surface area contributed by atoms with E-state index in [1.807, 2.05) is 0 Å². The predicted octanol–water partition coefficient (Wildman–Crippen LogP) is 4.21. The lowest BCUT2D eigenvalue weighted by Crippen LogP contribution is -2.25. The summed E-state index contributed by atoms with van der Waals surface area (Å²) in [7, 11) is 0. The van der Waals surface area contributed by atoms with Crippen LogP contribution >= 0.6 is 0 Å². The molecular weight excluding hydrogens is 478 g/mol. The van der Waals surface area contributed by atoms with Crippen molar-refractivity contribution in [2.45, 2.75) is 39.0 Å². The average molecular weight is 502 g/mol. The molecule has 36 heavy (non-hydrogen) atoms. The van der Waals surface area contributed by atoms with Gasteiger partial charge in [0.05, 0.1) is 6.61 Å². The molecule has 0 aliphatic heterocycles. The molecule has 0 spiro atoms. The summed E-state index contributed by atoms with van der Waals surface area (Å²) in [6.45, 7) is -1.02. The van der Waals surface area contributed by atoms with E-state index in [9.17, 15) is 18.4 Å². The highest BCUT2D eigenvalue weighted by Gasteiger charge is 2.28. The number of rotatable bonds is 11. The van der Waals surface area contributed by atoms with E-state index in [4.69, 9.17) is 19.6 Å². The zero-order valence-electron chi connectivity index (χ0n) is 19.3. The maximum Gasteiger partial charge on any atom is 0.405 e. The van der Waals surface area contributed by atoms with Crippen LogP contribution in [0.3, 0.4) is 0 Å². The van der Waals surface area contributed by atoms with E-state index < -0.39 is 24.7 Å². The van der Waals surface area contributed by atoms with E-state index in [2.05, 4.69) is 20.0 Å². The van der Waals surface area contributed by atoms with Gasteiger partial charge in [-0.15, -0.1) is 0 Å². The highest BCUT2D eigenvalue weighted by atomic mass is 19.3. The van der Waals surface area contributed by atoms with Crippen molar-refractivity contribution < 1.29 is 37.0 Å². The monoisotopic (exact) mass is 502 g/mol. The van der Waals surface area contributed by atoms with E-state index >= 15 is 0 Å². The second-order valence-corrected chi connectivity index (χ2v) is 8.14. The van der Waals surface area contributed by atoms with Gasteiger partial charge in [-0.1, -0.05) is 0 Å². The van der Waals surface area contributed by atoms with Gasteiger partial charge in [0.15, 0.2) is 29.1 Å². The number of carbonyl (C=O) groups excluding carboxylic acids is 2. The van der Waals surface area contributed by atoms with Gasteiger partial charge in [-0.25, -0.2) is 9.78 Å². The Morgan fingerprint density at radius 1 is 1.19 bits per heavy atom. The van der Waals surface area contributed by atoms with Gasteiger partial charge in [-0.05, 0) is 61.6 Å². The molecule has 2 heterocycles.